The number of anilines is 1. The number of benzene rings is 1. The molecule has 0 radical (unpaired) electrons. The zero-order valence-corrected chi connectivity index (χ0v) is 9.07. The smallest absolute Gasteiger partial charge is 0.126 e. The van der Waals surface area contributed by atoms with Gasteiger partial charge < -0.3 is 10.8 Å². The van der Waals surface area contributed by atoms with E-state index in [0.29, 0.717) is 5.69 Å². The van der Waals surface area contributed by atoms with Crippen molar-refractivity contribution >= 4 is 17.4 Å². The monoisotopic (exact) mass is 215 g/mol. The van der Waals surface area contributed by atoms with Gasteiger partial charge >= 0.3 is 0 Å². The number of rotatable bonds is 3. The molecule has 0 saturated heterocycles. The minimum absolute atomic E-state index is 0.0358. The highest BCUT2D eigenvalue weighted by Gasteiger charge is 2.18. The van der Waals surface area contributed by atoms with Gasteiger partial charge in [0, 0.05) is 15.3 Å². The summed E-state index contributed by atoms with van der Waals surface area (Å²) in [6, 6.07) is 4.39. The fourth-order valence-electron chi connectivity index (χ4n) is 0.995. The Morgan fingerprint density at radius 3 is 2.57 bits per heavy atom. The maximum Gasteiger partial charge on any atom is 0.126 e. The van der Waals surface area contributed by atoms with Gasteiger partial charge in [-0.15, -0.1) is 11.8 Å². The molecule has 0 fully saturated rings. The maximum absolute atomic E-state index is 13.0. The Balaban J connectivity index is 2.87. The van der Waals surface area contributed by atoms with Crippen LogP contribution < -0.4 is 5.73 Å². The van der Waals surface area contributed by atoms with Crippen LogP contribution in [0.4, 0.5) is 10.1 Å². The van der Waals surface area contributed by atoms with Crippen molar-refractivity contribution in [3.8, 4) is 0 Å². The molecule has 0 aliphatic carbocycles. The molecule has 4 heteroatoms. The largest absolute Gasteiger partial charge is 0.399 e. The SMILES string of the molecule is CC(C)(CO)Sc1cc(N)cc(F)c1. The molecule has 1 rings (SSSR count). The van der Waals surface area contributed by atoms with E-state index < -0.39 is 0 Å². The van der Waals surface area contributed by atoms with Crippen LogP contribution in [-0.4, -0.2) is 16.5 Å². The van der Waals surface area contributed by atoms with E-state index in [9.17, 15) is 4.39 Å². The van der Waals surface area contributed by atoms with Crippen molar-refractivity contribution in [2.24, 2.45) is 0 Å². The average molecular weight is 215 g/mol. The lowest BCUT2D eigenvalue weighted by Gasteiger charge is -2.20. The molecule has 1 aromatic rings. The lowest BCUT2D eigenvalue weighted by molar-refractivity contribution is 0.265. The van der Waals surface area contributed by atoms with Gasteiger partial charge in [-0.2, -0.15) is 0 Å². The molecule has 0 heterocycles. The Bertz CT molecular complexity index is 308. The summed E-state index contributed by atoms with van der Waals surface area (Å²) in [5, 5.41) is 9.05. The molecule has 0 aliphatic rings. The number of halogens is 1. The molecule has 0 saturated carbocycles. The second-order valence-electron chi connectivity index (χ2n) is 3.74. The molecule has 0 spiro atoms. The van der Waals surface area contributed by atoms with Crippen molar-refractivity contribution < 1.29 is 9.50 Å². The molecule has 78 valence electrons. The van der Waals surface area contributed by atoms with Crippen LogP contribution in [0.1, 0.15) is 13.8 Å². The van der Waals surface area contributed by atoms with Gasteiger partial charge in [0.15, 0.2) is 0 Å². The summed E-state index contributed by atoms with van der Waals surface area (Å²) in [6.07, 6.45) is 0. The Morgan fingerprint density at radius 2 is 2.07 bits per heavy atom. The van der Waals surface area contributed by atoms with E-state index in [2.05, 4.69) is 0 Å². The van der Waals surface area contributed by atoms with Crippen LogP contribution in [-0.2, 0) is 0 Å². The van der Waals surface area contributed by atoms with Gasteiger partial charge in [0.05, 0.1) is 6.61 Å². The first kappa shape index (κ1) is 11.3. The van der Waals surface area contributed by atoms with Gasteiger partial charge in [-0.25, -0.2) is 4.39 Å². The van der Waals surface area contributed by atoms with E-state index in [1.807, 2.05) is 13.8 Å². The summed E-state index contributed by atoms with van der Waals surface area (Å²) < 4.78 is 12.6. The predicted molar refractivity (Wildman–Crippen MR) is 57.8 cm³/mol. The fraction of sp³-hybridized carbons (Fsp3) is 0.400. The van der Waals surface area contributed by atoms with Crippen LogP contribution in [0.25, 0.3) is 0 Å². The van der Waals surface area contributed by atoms with Gasteiger partial charge in [-0.3, -0.25) is 0 Å². The summed E-state index contributed by atoms with van der Waals surface area (Å²) in [5.74, 6) is -0.346. The summed E-state index contributed by atoms with van der Waals surface area (Å²) in [6.45, 7) is 3.81. The van der Waals surface area contributed by atoms with Gasteiger partial charge in [0.25, 0.3) is 0 Å². The zero-order valence-electron chi connectivity index (χ0n) is 8.25. The summed E-state index contributed by atoms with van der Waals surface area (Å²) >= 11 is 1.40. The Morgan fingerprint density at radius 1 is 1.43 bits per heavy atom. The number of hydrogen-bond donors (Lipinski definition) is 2. The average Bonchev–Trinajstić information content (AvgIpc) is 2.01. The fourth-order valence-corrected chi connectivity index (χ4v) is 2.06. The van der Waals surface area contributed by atoms with E-state index in [-0.39, 0.29) is 17.2 Å². The number of hydrogen-bond acceptors (Lipinski definition) is 3. The van der Waals surface area contributed by atoms with Crippen molar-refractivity contribution in [1.29, 1.82) is 0 Å². The maximum atomic E-state index is 13.0. The molecule has 2 nitrogen and oxygen atoms in total. The third kappa shape index (κ3) is 3.20. The topological polar surface area (TPSA) is 46.2 Å². The minimum atomic E-state index is -0.346. The van der Waals surface area contributed by atoms with E-state index in [4.69, 9.17) is 10.8 Å². The highest BCUT2D eigenvalue weighted by Crippen LogP contribution is 2.33. The lowest BCUT2D eigenvalue weighted by Crippen LogP contribution is -2.19. The first-order valence-corrected chi connectivity index (χ1v) is 5.10. The second kappa shape index (κ2) is 4.19. The number of nitrogen functional groups attached to an aromatic ring is 1. The van der Waals surface area contributed by atoms with Gasteiger partial charge in [-0.1, -0.05) is 0 Å². The van der Waals surface area contributed by atoms with Crippen LogP contribution in [0.15, 0.2) is 23.1 Å². The van der Waals surface area contributed by atoms with E-state index in [0.717, 1.165) is 4.90 Å². The number of thioether (sulfide) groups is 1. The molecule has 0 atom stereocenters. The highest BCUT2D eigenvalue weighted by atomic mass is 32.2. The quantitative estimate of drug-likeness (QED) is 0.600. The normalized spacial score (nSPS) is 11.7. The molecule has 14 heavy (non-hydrogen) atoms. The van der Waals surface area contributed by atoms with Gasteiger partial charge in [-0.05, 0) is 32.0 Å². The molecular weight excluding hydrogens is 201 g/mol. The van der Waals surface area contributed by atoms with Crippen molar-refractivity contribution in [2.75, 3.05) is 12.3 Å². The van der Waals surface area contributed by atoms with Crippen molar-refractivity contribution in [3.05, 3.63) is 24.0 Å². The molecule has 0 unspecified atom stereocenters. The third-order valence-corrected chi connectivity index (χ3v) is 2.82. The van der Waals surface area contributed by atoms with Crippen molar-refractivity contribution in [3.63, 3.8) is 0 Å². The van der Waals surface area contributed by atoms with Crippen LogP contribution in [0.5, 0.6) is 0 Å². The molecule has 1 aromatic carbocycles. The molecule has 0 aliphatic heterocycles. The first-order valence-electron chi connectivity index (χ1n) is 4.29. The van der Waals surface area contributed by atoms with Crippen LogP contribution in [0.2, 0.25) is 0 Å². The molecule has 3 N–H and O–H groups in total. The first-order chi connectivity index (χ1) is 6.43. The van der Waals surface area contributed by atoms with Gasteiger partial charge in [0.1, 0.15) is 5.82 Å². The second-order valence-corrected chi connectivity index (χ2v) is 5.52. The Kier molecular flexibility index (Phi) is 3.39. The lowest BCUT2D eigenvalue weighted by atomic mass is 10.2. The summed E-state index contributed by atoms with van der Waals surface area (Å²) in [5.41, 5.74) is 5.91. The van der Waals surface area contributed by atoms with Gasteiger partial charge in [0.2, 0.25) is 0 Å². The van der Waals surface area contributed by atoms with Crippen LogP contribution in [0.3, 0.4) is 0 Å². The summed E-state index contributed by atoms with van der Waals surface area (Å²) in [4.78, 5) is 0.738. The van der Waals surface area contributed by atoms with E-state index in [1.54, 1.807) is 6.07 Å². The minimum Gasteiger partial charge on any atom is -0.399 e. The van der Waals surface area contributed by atoms with Crippen LogP contribution >= 0.6 is 11.8 Å². The van der Waals surface area contributed by atoms with E-state index in [1.165, 1.54) is 23.9 Å². The third-order valence-electron chi connectivity index (χ3n) is 1.67. The summed E-state index contributed by atoms with van der Waals surface area (Å²) in [7, 11) is 0. The predicted octanol–water partition coefficient (Wildman–Crippen LogP) is 2.27. The zero-order chi connectivity index (χ0) is 10.8. The van der Waals surface area contributed by atoms with E-state index >= 15 is 0 Å². The Hall–Kier alpha value is -0.740. The van der Waals surface area contributed by atoms with Crippen LogP contribution in [0, 0.1) is 5.82 Å². The highest BCUT2D eigenvalue weighted by molar-refractivity contribution is 8.00. The standard InChI is InChI=1S/C10H14FNOS/c1-10(2,6-13)14-9-4-7(11)3-8(12)5-9/h3-5,13H,6,12H2,1-2H3. The molecular formula is C10H14FNOS. The Labute approximate surface area is 87.3 Å². The molecule has 0 bridgehead atoms. The molecule has 0 aromatic heterocycles. The number of aliphatic hydroxyl groups excluding tert-OH is 1. The number of aliphatic hydroxyl groups is 1. The van der Waals surface area contributed by atoms with Crippen molar-refractivity contribution in [2.45, 2.75) is 23.5 Å². The van der Waals surface area contributed by atoms with Crippen molar-refractivity contribution in [1.82, 2.24) is 0 Å². The number of nitrogens with two attached hydrogens (primary N) is 1. The molecule has 0 amide bonds.